The maximum atomic E-state index is 12.0. The van der Waals surface area contributed by atoms with Gasteiger partial charge in [-0.15, -0.1) is 0 Å². The molecule has 0 saturated heterocycles. The van der Waals surface area contributed by atoms with Crippen LogP contribution in [0.3, 0.4) is 0 Å². The van der Waals surface area contributed by atoms with E-state index in [4.69, 9.17) is 0 Å². The van der Waals surface area contributed by atoms with Gasteiger partial charge in [-0.05, 0) is 30.2 Å². The van der Waals surface area contributed by atoms with E-state index < -0.39 is 16.0 Å². The lowest BCUT2D eigenvalue weighted by molar-refractivity contribution is 0.0699. The lowest BCUT2D eigenvalue weighted by Crippen LogP contribution is -2.10. The first-order valence-corrected chi connectivity index (χ1v) is 11.3. The molecule has 0 aliphatic carbocycles. The number of aryl methyl sites for hydroxylation is 1. The second-order valence-electron chi connectivity index (χ2n) is 7.01. The number of aromatic nitrogens is 4. The number of carboxylic acids is 1. The zero-order valence-electron chi connectivity index (χ0n) is 16.7. The molecule has 0 saturated carbocycles. The number of hydrogen-bond acceptors (Lipinski definition) is 6. The summed E-state index contributed by atoms with van der Waals surface area (Å²) < 4.78 is 25.0. The Kier molecular flexibility index (Phi) is 5.15. The number of aromatic carboxylic acids is 1. The quantitative estimate of drug-likeness (QED) is 0.421. The molecule has 4 rings (SSSR count). The Balaban J connectivity index is 1.80. The Labute approximate surface area is 178 Å². The van der Waals surface area contributed by atoms with Crippen molar-refractivity contribution >= 4 is 32.8 Å². The molecule has 10 heteroatoms. The van der Waals surface area contributed by atoms with E-state index in [9.17, 15) is 18.3 Å². The number of anilines is 1. The summed E-state index contributed by atoms with van der Waals surface area (Å²) in [6.07, 6.45) is 3.36. The molecule has 158 valence electrons. The maximum absolute atomic E-state index is 12.0. The zero-order valence-corrected chi connectivity index (χ0v) is 17.6. The lowest BCUT2D eigenvalue weighted by Gasteiger charge is -2.07. The van der Waals surface area contributed by atoms with Crippen molar-refractivity contribution in [1.29, 1.82) is 0 Å². The molecule has 0 fully saturated rings. The van der Waals surface area contributed by atoms with E-state index in [1.54, 1.807) is 6.07 Å². The summed E-state index contributed by atoms with van der Waals surface area (Å²) in [5.74, 6) is -0.951. The zero-order chi connectivity index (χ0) is 22.2. The number of nitrogens with one attached hydrogen (secondary N) is 2. The number of pyridine rings is 2. The fraction of sp³-hybridized carbons (Fsp3) is 0.143. The van der Waals surface area contributed by atoms with Crippen LogP contribution in [0.2, 0.25) is 0 Å². The van der Waals surface area contributed by atoms with E-state index in [2.05, 4.69) is 31.8 Å². The smallest absolute Gasteiger partial charge is 0.336 e. The number of H-pyrrole nitrogens is 1. The van der Waals surface area contributed by atoms with Crippen LogP contribution in [-0.4, -0.2) is 45.9 Å². The molecule has 0 atom stereocenters. The summed E-state index contributed by atoms with van der Waals surface area (Å²) in [6, 6.07) is 12.4. The first-order chi connectivity index (χ1) is 14.7. The minimum Gasteiger partial charge on any atom is -0.478 e. The highest BCUT2D eigenvalue weighted by Gasteiger charge is 2.20. The first kappa shape index (κ1) is 20.5. The predicted molar refractivity (Wildman–Crippen MR) is 117 cm³/mol. The van der Waals surface area contributed by atoms with Crippen molar-refractivity contribution in [3.63, 3.8) is 0 Å². The van der Waals surface area contributed by atoms with Crippen LogP contribution in [0.25, 0.3) is 33.5 Å². The third-order valence-corrected chi connectivity index (χ3v) is 5.33. The molecule has 31 heavy (non-hydrogen) atoms. The van der Waals surface area contributed by atoms with Crippen molar-refractivity contribution in [3.8, 4) is 22.5 Å². The topological polar surface area (TPSA) is 138 Å². The first-order valence-electron chi connectivity index (χ1n) is 9.41. The largest absolute Gasteiger partial charge is 0.478 e. The molecule has 0 unspecified atom stereocenters. The minimum atomic E-state index is -3.45. The molecule has 0 bridgehead atoms. The molecular weight excluding hydrogens is 418 g/mol. The van der Waals surface area contributed by atoms with Gasteiger partial charge in [0.05, 0.1) is 28.6 Å². The standard InChI is InChI=1S/C21H19N5O4S/c1-3-12-4-6-13(7-5-12)19-18-15(21(27)28)10-16(23-20(18)25-24-19)14-8-9-17(22-11-14)26-31(2,29)30/h4-11H,3H2,1-2H3,(H,22,26)(H,27,28)(H,23,24,25). The highest BCUT2D eigenvalue weighted by Crippen LogP contribution is 2.31. The number of nitrogens with zero attached hydrogens (tertiary/aromatic N) is 3. The van der Waals surface area contributed by atoms with Crippen molar-refractivity contribution in [1.82, 2.24) is 20.2 Å². The summed E-state index contributed by atoms with van der Waals surface area (Å²) in [7, 11) is -3.45. The fourth-order valence-electron chi connectivity index (χ4n) is 3.25. The second kappa shape index (κ2) is 7.80. The molecular formula is C21H19N5O4S. The van der Waals surface area contributed by atoms with Gasteiger partial charge in [-0.25, -0.2) is 23.2 Å². The second-order valence-corrected chi connectivity index (χ2v) is 8.76. The van der Waals surface area contributed by atoms with E-state index in [0.29, 0.717) is 22.3 Å². The molecule has 0 aliphatic heterocycles. The van der Waals surface area contributed by atoms with Crippen molar-refractivity contribution < 1.29 is 18.3 Å². The molecule has 0 aliphatic rings. The average Bonchev–Trinajstić information content (AvgIpc) is 3.16. The van der Waals surface area contributed by atoms with Crippen molar-refractivity contribution in [2.45, 2.75) is 13.3 Å². The summed E-state index contributed by atoms with van der Waals surface area (Å²) >= 11 is 0. The Morgan fingerprint density at radius 2 is 1.84 bits per heavy atom. The van der Waals surface area contributed by atoms with Gasteiger partial charge in [-0.3, -0.25) is 9.82 Å². The molecule has 0 amide bonds. The van der Waals surface area contributed by atoms with Gasteiger partial charge < -0.3 is 5.11 Å². The third-order valence-electron chi connectivity index (χ3n) is 4.75. The van der Waals surface area contributed by atoms with Gasteiger partial charge in [-0.2, -0.15) is 5.10 Å². The van der Waals surface area contributed by atoms with Crippen LogP contribution in [-0.2, 0) is 16.4 Å². The molecule has 9 nitrogen and oxygen atoms in total. The fourth-order valence-corrected chi connectivity index (χ4v) is 3.75. The van der Waals surface area contributed by atoms with Crippen LogP contribution < -0.4 is 4.72 Å². The minimum absolute atomic E-state index is 0.0571. The Hall–Kier alpha value is -3.79. The number of fused-ring (bicyclic) bond motifs is 1. The van der Waals surface area contributed by atoms with Crippen LogP contribution in [0.5, 0.6) is 0 Å². The number of rotatable bonds is 6. The summed E-state index contributed by atoms with van der Waals surface area (Å²) in [5.41, 5.74) is 3.79. The highest BCUT2D eigenvalue weighted by molar-refractivity contribution is 7.92. The Bertz CT molecular complexity index is 1380. The van der Waals surface area contributed by atoms with E-state index in [-0.39, 0.29) is 17.0 Å². The van der Waals surface area contributed by atoms with Crippen LogP contribution in [0.15, 0.2) is 48.7 Å². The molecule has 0 spiro atoms. The van der Waals surface area contributed by atoms with Crippen molar-refractivity contribution in [2.24, 2.45) is 0 Å². The predicted octanol–water partition coefficient (Wildman–Crippen LogP) is 3.32. The molecule has 3 N–H and O–H groups in total. The Morgan fingerprint density at radius 1 is 1.13 bits per heavy atom. The normalized spacial score (nSPS) is 11.5. The SMILES string of the molecule is CCc1ccc(-c2[nH]nc3nc(-c4ccc(NS(C)(=O)=O)nc4)cc(C(=O)O)c23)cc1. The molecule has 3 heterocycles. The molecule has 1 aromatic carbocycles. The molecule has 0 radical (unpaired) electrons. The Morgan fingerprint density at radius 3 is 2.42 bits per heavy atom. The van der Waals surface area contributed by atoms with Gasteiger partial charge in [0.25, 0.3) is 0 Å². The van der Waals surface area contributed by atoms with Crippen LogP contribution in [0.4, 0.5) is 5.82 Å². The van der Waals surface area contributed by atoms with Gasteiger partial charge in [0, 0.05) is 17.3 Å². The summed E-state index contributed by atoms with van der Waals surface area (Å²) in [6.45, 7) is 2.06. The van der Waals surface area contributed by atoms with E-state index >= 15 is 0 Å². The highest BCUT2D eigenvalue weighted by atomic mass is 32.2. The summed E-state index contributed by atoms with van der Waals surface area (Å²) in [4.78, 5) is 20.6. The number of carbonyl (C=O) groups is 1. The third kappa shape index (κ3) is 4.24. The van der Waals surface area contributed by atoms with E-state index in [0.717, 1.165) is 18.2 Å². The van der Waals surface area contributed by atoms with Crippen LogP contribution in [0, 0.1) is 0 Å². The van der Waals surface area contributed by atoms with Crippen molar-refractivity contribution in [2.75, 3.05) is 11.0 Å². The van der Waals surface area contributed by atoms with Gasteiger partial charge in [-0.1, -0.05) is 31.2 Å². The van der Waals surface area contributed by atoms with Crippen LogP contribution >= 0.6 is 0 Å². The summed E-state index contributed by atoms with van der Waals surface area (Å²) in [5, 5.41) is 17.4. The molecule has 4 aromatic rings. The van der Waals surface area contributed by atoms with Crippen LogP contribution in [0.1, 0.15) is 22.8 Å². The monoisotopic (exact) mass is 437 g/mol. The van der Waals surface area contributed by atoms with Gasteiger partial charge in [0.2, 0.25) is 10.0 Å². The molecule has 3 aromatic heterocycles. The number of hydrogen-bond donors (Lipinski definition) is 3. The van der Waals surface area contributed by atoms with Gasteiger partial charge in [0.15, 0.2) is 5.65 Å². The van der Waals surface area contributed by atoms with Gasteiger partial charge in [0.1, 0.15) is 5.82 Å². The lowest BCUT2D eigenvalue weighted by atomic mass is 10.0. The maximum Gasteiger partial charge on any atom is 0.336 e. The number of benzene rings is 1. The number of aromatic amines is 1. The number of carboxylic acid groups (broad SMARTS) is 1. The number of sulfonamides is 1. The average molecular weight is 437 g/mol. The van der Waals surface area contributed by atoms with Gasteiger partial charge >= 0.3 is 5.97 Å². The van der Waals surface area contributed by atoms with E-state index in [1.807, 2.05) is 24.3 Å². The van der Waals surface area contributed by atoms with Crippen molar-refractivity contribution in [3.05, 3.63) is 59.8 Å². The van der Waals surface area contributed by atoms with E-state index in [1.165, 1.54) is 23.9 Å².